The summed E-state index contributed by atoms with van der Waals surface area (Å²) < 4.78 is 0. The summed E-state index contributed by atoms with van der Waals surface area (Å²) in [4.78, 5) is 18.3. The van der Waals surface area contributed by atoms with Crippen molar-refractivity contribution in [3.8, 4) is 0 Å². The zero-order valence-electron chi connectivity index (χ0n) is 10.4. The quantitative estimate of drug-likeness (QED) is 0.872. The Kier molecular flexibility index (Phi) is 4.12. The molecule has 0 aliphatic carbocycles. The van der Waals surface area contributed by atoms with Crippen LogP contribution >= 0.6 is 11.3 Å². The van der Waals surface area contributed by atoms with E-state index in [2.05, 4.69) is 10.3 Å². The molecule has 1 unspecified atom stereocenters. The molecule has 0 aromatic carbocycles. The first-order valence-electron chi connectivity index (χ1n) is 6.08. The minimum Gasteiger partial charge on any atom is -0.337 e. The highest BCUT2D eigenvalue weighted by atomic mass is 32.1. The van der Waals surface area contributed by atoms with Crippen molar-refractivity contribution in [1.82, 2.24) is 15.2 Å². The Labute approximate surface area is 106 Å². The standard InChI is InChI=1S/C12H19N3OS/c1-9-14-11(8-17-9)12(16)15(2)10-4-3-6-13-7-5-10/h8,10,13H,3-7H2,1-2H3. The highest BCUT2D eigenvalue weighted by molar-refractivity contribution is 7.09. The Morgan fingerprint density at radius 3 is 3.06 bits per heavy atom. The van der Waals surface area contributed by atoms with E-state index in [0.717, 1.165) is 37.4 Å². The van der Waals surface area contributed by atoms with Gasteiger partial charge >= 0.3 is 0 Å². The third kappa shape index (κ3) is 3.04. The van der Waals surface area contributed by atoms with Gasteiger partial charge in [-0.3, -0.25) is 4.79 Å². The van der Waals surface area contributed by atoms with Crippen molar-refractivity contribution >= 4 is 17.2 Å². The molecule has 1 aliphatic heterocycles. The summed E-state index contributed by atoms with van der Waals surface area (Å²) in [7, 11) is 1.90. The van der Waals surface area contributed by atoms with Crippen LogP contribution in [0.15, 0.2) is 5.38 Å². The van der Waals surface area contributed by atoms with E-state index >= 15 is 0 Å². The monoisotopic (exact) mass is 253 g/mol. The molecule has 0 spiro atoms. The zero-order chi connectivity index (χ0) is 12.3. The average Bonchev–Trinajstić information content (AvgIpc) is 2.60. The van der Waals surface area contributed by atoms with Crippen molar-refractivity contribution in [2.24, 2.45) is 0 Å². The van der Waals surface area contributed by atoms with Crippen LogP contribution in [0.3, 0.4) is 0 Å². The second kappa shape index (κ2) is 5.60. The van der Waals surface area contributed by atoms with Crippen LogP contribution in [0.1, 0.15) is 34.8 Å². The largest absolute Gasteiger partial charge is 0.337 e. The number of aromatic nitrogens is 1. The normalized spacial score (nSPS) is 20.9. The van der Waals surface area contributed by atoms with Crippen LogP contribution in [0, 0.1) is 6.92 Å². The molecule has 1 aromatic rings. The Bertz CT molecular complexity index is 383. The van der Waals surface area contributed by atoms with Gasteiger partial charge in [0.05, 0.1) is 5.01 Å². The molecule has 1 saturated heterocycles. The maximum atomic E-state index is 12.2. The number of thiazole rings is 1. The van der Waals surface area contributed by atoms with Gasteiger partial charge in [-0.15, -0.1) is 11.3 Å². The van der Waals surface area contributed by atoms with Crippen molar-refractivity contribution < 1.29 is 4.79 Å². The van der Waals surface area contributed by atoms with Gasteiger partial charge in [-0.05, 0) is 39.3 Å². The zero-order valence-corrected chi connectivity index (χ0v) is 11.2. The van der Waals surface area contributed by atoms with Crippen molar-refractivity contribution in [1.29, 1.82) is 0 Å². The van der Waals surface area contributed by atoms with Crippen LogP contribution < -0.4 is 5.32 Å². The maximum absolute atomic E-state index is 12.2. The molecule has 1 aliphatic rings. The topological polar surface area (TPSA) is 45.2 Å². The lowest BCUT2D eigenvalue weighted by Gasteiger charge is -2.26. The predicted molar refractivity (Wildman–Crippen MR) is 69.5 cm³/mol. The van der Waals surface area contributed by atoms with Crippen LogP contribution in [0.2, 0.25) is 0 Å². The Hall–Kier alpha value is -0.940. The van der Waals surface area contributed by atoms with Crippen LogP contribution in [-0.4, -0.2) is 42.0 Å². The molecule has 5 heteroatoms. The lowest BCUT2D eigenvalue weighted by molar-refractivity contribution is 0.0715. The van der Waals surface area contributed by atoms with Gasteiger partial charge in [0.2, 0.25) is 0 Å². The summed E-state index contributed by atoms with van der Waals surface area (Å²) in [6.07, 6.45) is 3.25. The molecule has 0 saturated carbocycles. The van der Waals surface area contributed by atoms with Gasteiger partial charge in [0.1, 0.15) is 5.69 Å². The molecule has 0 radical (unpaired) electrons. The summed E-state index contributed by atoms with van der Waals surface area (Å²) in [6, 6.07) is 0.347. The highest BCUT2D eigenvalue weighted by Gasteiger charge is 2.23. The SMILES string of the molecule is Cc1nc(C(=O)N(C)C2CCCNCC2)cs1. The number of carbonyl (C=O) groups is 1. The lowest BCUT2D eigenvalue weighted by atomic mass is 10.1. The van der Waals surface area contributed by atoms with Gasteiger partial charge in [-0.2, -0.15) is 0 Å². The summed E-state index contributed by atoms with van der Waals surface area (Å²) in [6.45, 7) is 3.99. The van der Waals surface area contributed by atoms with Crippen molar-refractivity contribution in [2.75, 3.05) is 20.1 Å². The average molecular weight is 253 g/mol. The highest BCUT2D eigenvalue weighted by Crippen LogP contribution is 2.16. The molecule has 2 rings (SSSR count). The first-order chi connectivity index (χ1) is 8.18. The molecule has 1 atom stereocenters. The first kappa shape index (κ1) is 12.5. The summed E-state index contributed by atoms with van der Waals surface area (Å²) in [5.74, 6) is 0.0567. The van der Waals surface area contributed by atoms with Crippen LogP contribution in [0.5, 0.6) is 0 Å². The van der Waals surface area contributed by atoms with Crippen molar-refractivity contribution in [3.63, 3.8) is 0 Å². The van der Waals surface area contributed by atoms with E-state index in [0.29, 0.717) is 11.7 Å². The number of amides is 1. The van der Waals surface area contributed by atoms with Crippen molar-refractivity contribution in [2.45, 2.75) is 32.2 Å². The number of hydrogen-bond donors (Lipinski definition) is 1. The number of aryl methyl sites for hydroxylation is 1. The van der Waals surface area contributed by atoms with E-state index in [1.165, 1.54) is 11.3 Å². The minimum atomic E-state index is 0.0567. The minimum absolute atomic E-state index is 0.0567. The van der Waals surface area contributed by atoms with Gasteiger partial charge in [-0.1, -0.05) is 0 Å². The van der Waals surface area contributed by atoms with Crippen LogP contribution in [0.25, 0.3) is 0 Å². The molecule has 2 heterocycles. The third-order valence-corrected chi connectivity index (χ3v) is 4.02. The van der Waals surface area contributed by atoms with E-state index in [-0.39, 0.29) is 5.91 Å². The molecular formula is C12H19N3OS. The molecule has 1 amide bonds. The van der Waals surface area contributed by atoms with E-state index < -0.39 is 0 Å². The molecule has 1 fully saturated rings. The number of hydrogen-bond acceptors (Lipinski definition) is 4. The summed E-state index contributed by atoms with van der Waals surface area (Å²) in [5, 5.41) is 6.16. The molecule has 1 N–H and O–H groups in total. The van der Waals surface area contributed by atoms with Gasteiger partial charge in [0, 0.05) is 18.5 Å². The third-order valence-electron chi connectivity index (χ3n) is 3.25. The van der Waals surface area contributed by atoms with E-state index in [9.17, 15) is 4.79 Å². The fourth-order valence-electron chi connectivity index (χ4n) is 2.20. The fraction of sp³-hybridized carbons (Fsp3) is 0.667. The second-order valence-electron chi connectivity index (χ2n) is 4.50. The molecule has 0 bridgehead atoms. The Balaban J connectivity index is 2.03. The van der Waals surface area contributed by atoms with Gasteiger partial charge in [-0.25, -0.2) is 4.98 Å². The number of nitrogens with one attached hydrogen (secondary N) is 1. The molecule has 94 valence electrons. The van der Waals surface area contributed by atoms with E-state index in [1.807, 2.05) is 24.3 Å². The molecule has 1 aromatic heterocycles. The van der Waals surface area contributed by atoms with Crippen LogP contribution in [0.4, 0.5) is 0 Å². The smallest absolute Gasteiger partial charge is 0.273 e. The number of nitrogens with zero attached hydrogens (tertiary/aromatic N) is 2. The predicted octanol–water partition coefficient (Wildman–Crippen LogP) is 1.67. The summed E-state index contributed by atoms with van der Waals surface area (Å²) >= 11 is 1.53. The molecule has 4 nitrogen and oxygen atoms in total. The molecular weight excluding hydrogens is 234 g/mol. The van der Waals surface area contributed by atoms with Crippen LogP contribution in [-0.2, 0) is 0 Å². The van der Waals surface area contributed by atoms with Gasteiger partial charge in [0.25, 0.3) is 5.91 Å². The van der Waals surface area contributed by atoms with Gasteiger partial charge < -0.3 is 10.2 Å². The Morgan fingerprint density at radius 2 is 2.35 bits per heavy atom. The van der Waals surface area contributed by atoms with Crippen molar-refractivity contribution in [3.05, 3.63) is 16.1 Å². The maximum Gasteiger partial charge on any atom is 0.273 e. The van der Waals surface area contributed by atoms with Gasteiger partial charge in [0.15, 0.2) is 0 Å². The fourth-order valence-corrected chi connectivity index (χ4v) is 2.78. The van der Waals surface area contributed by atoms with E-state index in [4.69, 9.17) is 0 Å². The molecule has 17 heavy (non-hydrogen) atoms. The second-order valence-corrected chi connectivity index (χ2v) is 5.56. The number of rotatable bonds is 2. The Morgan fingerprint density at radius 1 is 1.53 bits per heavy atom. The first-order valence-corrected chi connectivity index (χ1v) is 6.96. The number of carbonyl (C=O) groups excluding carboxylic acids is 1. The summed E-state index contributed by atoms with van der Waals surface area (Å²) in [5.41, 5.74) is 0.590. The lowest BCUT2D eigenvalue weighted by Crippen LogP contribution is -2.37. The van der Waals surface area contributed by atoms with E-state index in [1.54, 1.807) is 0 Å².